The predicted molar refractivity (Wildman–Crippen MR) is 132 cm³/mol. The summed E-state index contributed by atoms with van der Waals surface area (Å²) in [6.45, 7) is 6.14. The van der Waals surface area contributed by atoms with E-state index in [0.717, 1.165) is 6.07 Å². The molecule has 184 valence electrons. The van der Waals surface area contributed by atoms with E-state index in [0.29, 0.717) is 41.5 Å². The van der Waals surface area contributed by atoms with Crippen molar-refractivity contribution in [3.05, 3.63) is 81.9 Å². The number of amides is 1. The zero-order chi connectivity index (χ0) is 25.6. The maximum atomic E-state index is 12.7. The first-order valence-electron chi connectivity index (χ1n) is 10.7. The number of benzene rings is 3. The lowest BCUT2D eigenvalue weighted by atomic mass is 10.2. The SMILES string of the molecule is CCOc1ccc(NC(=O)c2ccc(NS(=O)(=O)c3ccc(C)c([N+](=O)[O-])c3)cc2)cc1OCC. The second-order valence-corrected chi connectivity index (χ2v) is 9.05. The van der Waals surface area contributed by atoms with Crippen molar-refractivity contribution < 1.29 is 27.6 Å². The fourth-order valence-corrected chi connectivity index (χ4v) is 4.27. The van der Waals surface area contributed by atoms with E-state index in [4.69, 9.17) is 9.47 Å². The lowest BCUT2D eigenvalue weighted by Gasteiger charge is -2.13. The van der Waals surface area contributed by atoms with Crippen molar-refractivity contribution >= 4 is 33.0 Å². The van der Waals surface area contributed by atoms with Crippen LogP contribution in [0.25, 0.3) is 0 Å². The number of nitrogens with zero attached hydrogens (tertiary/aromatic N) is 1. The highest BCUT2D eigenvalue weighted by Gasteiger charge is 2.20. The van der Waals surface area contributed by atoms with E-state index in [1.165, 1.54) is 43.3 Å². The molecule has 0 spiro atoms. The number of hydrogen-bond acceptors (Lipinski definition) is 7. The number of aryl methyl sites for hydroxylation is 1. The molecule has 2 N–H and O–H groups in total. The third-order valence-corrected chi connectivity index (χ3v) is 6.27. The van der Waals surface area contributed by atoms with E-state index in [1.807, 2.05) is 13.8 Å². The average molecular weight is 500 g/mol. The molecule has 35 heavy (non-hydrogen) atoms. The Balaban J connectivity index is 1.73. The number of hydrogen-bond donors (Lipinski definition) is 2. The minimum absolute atomic E-state index is 0.199. The number of nitrogens with one attached hydrogen (secondary N) is 2. The van der Waals surface area contributed by atoms with Gasteiger partial charge in [-0.15, -0.1) is 0 Å². The van der Waals surface area contributed by atoms with Gasteiger partial charge in [-0.3, -0.25) is 19.6 Å². The Labute approximate surface area is 203 Å². The van der Waals surface area contributed by atoms with Crippen LogP contribution in [0.4, 0.5) is 17.1 Å². The molecule has 1 amide bonds. The van der Waals surface area contributed by atoms with Gasteiger partial charge in [-0.1, -0.05) is 6.07 Å². The average Bonchev–Trinajstić information content (AvgIpc) is 2.81. The van der Waals surface area contributed by atoms with E-state index < -0.39 is 20.9 Å². The van der Waals surface area contributed by atoms with Crippen molar-refractivity contribution in [1.82, 2.24) is 0 Å². The molecule has 0 aliphatic heterocycles. The van der Waals surface area contributed by atoms with Gasteiger partial charge in [0.2, 0.25) is 0 Å². The summed E-state index contributed by atoms with van der Waals surface area (Å²) < 4.78 is 38.8. The Morgan fingerprint density at radius 1 is 0.914 bits per heavy atom. The summed E-state index contributed by atoms with van der Waals surface area (Å²) in [6, 6.07) is 14.5. The highest BCUT2D eigenvalue weighted by Crippen LogP contribution is 2.31. The minimum Gasteiger partial charge on any atom is -0.490 e. The molecule has 10 nitrogen and oxygen atoms in total. The van der Waals surface area contributed by atoms with Crippen molar-refractivity contribution in [3.8, 4) is 11.5 Å². The van der Waals surface area contributed by atoms with Gasteiger partial charge in [0.15, 0.2) is 11.5 Å². The summed E-state index contributed by atoms with van der Waals surface area (Å²) in [5.74, 6) is 0.677. The summed E-state index contributed by atoms with van der Waals surface area (Å²) in [4.78, 5) is 22.9. The van der Waals surface area contributed by atoms with Gasteiger partial charge in [0, 0.05) is 34.6 Å². The molecule has 0 radical (unpaired) electrons. The van der Waals surface area contributed by atoms with Crippen LogP contribution in [0, 0.1) is 17.0 Å². The Morgan fingerprint density at radius 2 is 1.54 bits per heavy atom. The van der Waals surface area contributed by atoms with Gasteiger partial charge in [-0.25, -0.2) is 8.42 Å². The zero-order valence-electron chi connectivity index (χ0n) is 19.4. The van der Waals surface area contributed by atoms with Crippen LogP contribution >= 0.6 is 0 Å². The molecule has 11 heteroatoms. The van der Waals surface area contributed by atoms with Crippen LogP contribution in [0.1, 0.15) is 29.8 Å². The number of anilines is 2. The molecule has 3 aromatic rings. The third-order valence-electron chi connectivity index (χ3n) is 4.89. The highest BCUT2D eigenvalue weighted by molar-refractivity contribution is 7.92. The molecule has 0 saturated heterocycles. The molecule has 0 aliphatic carbocycles. The van der Waals surface area contributed by atoms with E-state index in [-0.39, 0.29) is 16.3 Å². The summed E-state index contributed by atoms with van der Waals surface area (Å²) in [5.41, 5.74) is 1.06. The molecule has 3 aromatic carbocycles. The number of carbonyl (C=O) groups excluding carboxylic acids is 1. The second kappa shape index (κ2) is 10.9. The van der Waals surface area contributed by atoms with Crippen LogP contribution in [0.5, 0.6) is 11.5 Å². The van der Waals surface area contributed by atoms with Crippen LogP contribution in [0.2, 0.25) is 0 Å². The summed E-state index contributed by atoms with van der Waals surface area (Å²) in [5, 5.41) is 13.9. The Morgan fingerprint density at radius 3 is 2.17 bits per heavy atom. The minimum atomic E-state index is -4.07. The van der Waals surface area contributed by atoms with Gasteiger partial charge in [0.05, 0.1) is 23.0 Å². The molecule has 0 heterocycles. The molecule has 0 unspecified atom stereocenters. The van der Waals surface area contributed by atoms with E-state index in [2.05, 4.69) is 10.0 Å². The lowest BCUT2D eigenvalue weighted by Crippen LogP contribution is -2.14. The summed E-state index contributed by atoms with van der Waals surface area (Å²) in [6.07, 6.45) is 0. The number of rotatable bonds is 10. The first kappa shape index (κ1) is 25.5. The Bertz CT molecular complexity index is 1340. The number of carbonyl (C=O) groups is 1. The van der Waals surface area contributed by atoms with Crippen LogP contribution < -0.4 is 19.5 Å². The highest BCUT2D eigenvalue weighted by atomic mass is 32.2. The quantitative estimate of drug-likeness (QED) is 0.303. The number of nitro benzene ring substituents is 1. The number of ether oxygens (including phenoxy) is 2. The normalized spacial score (nSPS) is 10.9. The van der Waals surface area contributed by atoms with Crippen molar-refractivity contribution in [2.45, 2.75) is 25.7 Å². The van der Waals surface area contributed by atoms with Crippen LogP contribution in [-0.4, -0.2) is 32.5 Å². The fourth-order valence-electron chi connectivity index (χ4n) is 3.19. The topological polar surface area (TPSA) is 137 Å². The maximum absolute atomic E-state index is 12.7. The summed E-state index contributed by atoms with van der Waals surface area (Å²) >= 11 is 0. The van der Waals surface area contributed by atoms with Crippen LogP contribution in [-0.2, 0) is 10.0 Å². The molecule has 0 fully saturated rings. The van der Waals surface area contributed by atoms with Gasteiger partial charge < -0.3 is 14.8 Å². The monoisotopic (exact) mass is 499 g/mol. The van der Waals surface area contributed by atoms with Gasteiger partial charge >= 0.3 is 0 Å². The molecule has 3 rings (SSSR count). The van der Waals surface area contributed by atoms with Gasteiger partial charge in [0.25, 0.3) is 21.6 Å². The first-order valence-corrected chi connectivity index (χ1v) is 12.2. The summed E-state index contributed by atoms with van der Waals surface area (Å²) in [7, 11) is -4.07. The van der Waals surface area contributed by atoms with Gasteiger partial charge in [0.1, 0.15) is 0 Å². The third kappa shape index (κ3) is 6.27. The molecule has 0 aliphatic rings. The van der Waals surface area contributed by atoms with Gasteiger partial charge in [-0.2, -0.15) is 0 Å². The lowest BCUT2D eigenvalue weighted by molar-refractivity contribution is -0.385. The zero-order valence-corrected chi connectivity index (χ0v) is 20.2. The van der Waals surface area contributed by atoms with Crippen LogP contribution in [0.15, 0.2) is 65.6 Å². The van der Waals surface area contributed by atoms with Crippen molar-refractivity contribution in [3.63, 3.8) is 0 Å². The molecule has 0 atom stereocenters. The molecule has 0 bridgehead atoms. The van der Waals surface area contributed by atoms with E-state index in [9.17, 15) is 23.3 Å². The molecule has 0 aromatic heterocycles. The van der Waals surface area contributed by atoms with E-state index in [1.54, 1.807) is 18.2 Å². The maximum Gasteiger partial charge on any atom is 0.273 e. The van der Waals surface area contributed by atoms with Crippen molar-refractivity contribution in [2.75, 3.05) is 23.3 Å². The standard InChI is InChI=1S/C24H25N3O7S/c1-4-33-22-13-11-19(14-23(22)34-5-2)25-24(28)17-7-9-18(10-8-17)26-35(31,32)20-12-6-16(3)21(15-20)27(29)30/h6-15,26H,4-5H2,1-3H3,(H,25,28). The van der Waals surface area contributed by atoms with E-state index >= 15 is 0 Å². The van der Waals surface area contributed by atoms with Crippen molar-refractivity contribution in [1.29, 1.82) is 0 Å². The first-order chi connectivity index (χ1) is 16.6. The smallest absolute Gasteiger partial charge is 0.273 e. The Kier molecular flexibility index (Phi) is 7.92. The molecular weight excluding hydrogens is 474 g/mol. The van der Waals surface area contributed by atoms with Gasteiger partial charge in [-0.05, 0) is 63.2 Å². The largest absolute Gasteiger partial charge is 0.490 e. The number of sulfonamides is 1. The Hall–Kier alpha value is -4.12. The second-order valence-electron chi connectivity index (χ2n) is 7.37. The van der Waals surface area contributed by atoms with Crippen molar-refractivity contribution in [2.24, 2.45) is 0 Å². The fraction of sp³-hybridized carbons (Fsp3) is 0.208. The van der Waals surface area contributed by atoms with Crippen LogP contribution in [0.3, 0.4) is 0 Å². The molecule has 0 saturated carbocycles. The predicted octanol–water partition coefficient (Wildman–Crippen LogP) is 4.75. The number of nitro groups is 1. The molecular formula is C24H25N3O7S.